The van der Waals surface area contributed by atoms with Crippen molar-refractivity contribution in [3.05, 3.63) is 133 Å². The predicted octanol–water partition coefficient (Wildman–Crippen LogP) is 12.2. The van der Waals surface area contributed by atoms with Crippen molar-refractivity contribution in [2.45, 2.75) is 77.4 Å². The van der Waals surface area contributed by atoms with Gasteiger partial charge in [0.05, 0.1) is 0 Å². The highest BCUT2D eigenvalue weighted by Crippen LogP contribution is 2.43. The van der Waals surface area contributed by atoms with Crippen LogP contribution in [-0.2, 0) is 19.1 Å². The number of carbonyl (C=O) groups excluding carboxylic acids is 2. The number of esters is 2. The Morgan fingerprint density at radius 2 is 0.733 bits per heavy atom. The van der Waals surface area contributed by atoms with Gasteiger partial charge in [0.25, 0.3) is 0 Å². The standard InChI is InChI=1S/C52H54O8/c1-3-5-7-31-49(53)59-39(33-55-47-29-17-21-37-19-9-11-23-41(37)47)35-57-51-43-25-13-15-27-45(43)52(46-28-16-14-26-44(46)51)58-36-40(60-50(54)32-8-6-4-2)34-56-48-30-18-22-38-20-10-12-24-42(38)48/h9-30,39-40H,3-8,31-36H2,1-2H3. The first-order valence-electron chi connectivity index (χ1n) is 21.3. The maximum Gasteiger partial charge on any atom is 0.306 e. The van der Waals surface area contributed by atoms with Gasteiger partial charge in [-0.25, -0.2) is 0 Å². The van der Waals surface area contributed by atoms with E-state index in [1.807, 2.05) is 133 Å². The zero-order chi connectivity index (χ0) is 41.5. The van der Waals surface area contributed by atoms with E-state index in [4.69, 9.17) is 28.4 Å². The van der Waals surface area contributed by atoms with Crippen LogP contribution in [0.25, 0.3) is 43.1 Å². The summed E-state index contributed by atoms with van der Waals surface area (Å²) in [6, 6.07) is 43.8. The van der Waals surface area contributed by atoms with Gasteiger partial charge in [-0.2, -0.15) is 0 Å². The third-order valence-electron chi connectivity index (χ3n) is 10.6. The number of hydrogen-bond acceptors (Lipinski definition) is 8. The van der Waals surface area contributed by atoms with Gasteiger partial charge < -0.3 is 28.4 Å². The molecule has 0 bridgehead atoms. The van der Waals surface area contributed by atoms with Crippen LogP contribution in [0.5, 0.6) is 23.0 Å². The molecular weight excluding hydrogens is 753 g/mol. The normalized spacial score (nSPS) is 12.3. The van der Waals surface area contributed by atoms with Crippen molar-refractivity contribution in [3.63, 3.8) is 0 Å². The minimum absolute atomic E-state index is 0.0695. The van der Waals surface area contributed by atoms with Crippen molar-refractivity contribution in [3.8, 4) is 23.0 Å². The third-order valence-corrected chi connectivity index (χ3v) is 10.6. The first kappa shape index (κ1) is 41.9. The second-order valence-corrected chi connectivity index (χ2v) is 15.1. The number of carbonyl (C=O) groups is 2. The minimum Gasteiger partial charge on any atom is -0.489 e. The molecule has 2 unspecified atom stereocenters. The molecular formula is C52H54O8. The van der Waals surface area contributed by atoms with Crippen molar-refractivity contribution < 1.29 is 38.0 Å². The Labute approximate surface area is 352 Å². The average Bonchev–Trinajstić information content (AvgIpc) is 3.28. The van der Waals surface area contributed by atoms with Crippen LogP contribution in [0.4, 0.5) is 0 Å². The zero-order valence-electron chi connectivity index (χ0n) is 34.6. The van der Waals surface area contributed by atoms with E-state index in [9.17, 15) is 9.59 Å². The summed E-state index contributed by atoms with van der Waals surface area (Å²) in [5.74, 6) is 2.16. The van der Waals surface area contributed by atoms with Crippen LogP contribution in [0, 0.1) is 0 Å². The van der Waals surface area contributed by atoms with Crippen molar-refractivity contribution in [1.82, 2.24) is 0 Å². The Kier molecular flexibility index (Phi) is 14.7. The van der Waals surface area contributed by atoms with Gasteiger partial charge >= 0.3 is 11.9 Å². The molecule has 0 heterocycles. The molecule has 0 aliphatic carbocycles. The van der Waals surface area contributed by atoms with Crippen LogP contribution < -0.4 is 18.9 Å². The summed E-state index contributed by atoms with van der Waals surface area (Å²) in [6.07, 6.45) is 4.75. The molecule has 0 N–H and O–H groups in total. The minimum atomic E-state index is -0.680. The monoisotopic (exact) mass is 806 g/mol. The molecule has 0 spiro atoms. The molecule has 0 radical (unpaired) electrons. The highest BCUT2D eigenvalue weighted by atomic mass is 16.6. The van der Waals surface area contributed by atoms with E-state index in [1.165, 1.54) is 0 Å². The van der Waals surface area contributed by atoms with Crippen molar-refractivity contribution >= 4 is 55.0 Å². The van der Waals surface area contributed by atoms with Crippen LogP contribution >= 0.6 is 0 Å². The molecule has 8 heteroatoms. The van der Waals surface area contributed by atoms with Gasteiger partial charge in [-0.3, -0.25) is 9.59 Å². The fourth-order valence-corrected chi connectivity index (χ4v) is 7.48. The van der Waals surface area contributed by atoms with Crippen LogP contribution in [0.1, 0.15) is 65.2 Å². The lowest BCUT2D eigenvalue weighted by atomic mass is 10.0. The lowest BCUT2D eigenvalue weighted by Gasteiger charge is -2.23. The Balaban J connectivity index is 1.14. The lowest BCUT2D eigenvalue weighted by molar-refractivity contribution is -0.153. The smallest absolute Gasteiger partial charge is 0.306 e. The lowest BCUT2D eigenvalue weighted by Crippen LogP contribution is -2.31. The van der Waals surface area contributed by atoms with Gasteiger partial charge in [-0.1, -0.05) is 161 Å². The van der Waals surface area contributed by atoms with Crippen LogP contribution in [0.2, 0.25) is 0 Å². The molecule has 8 nitrogen and oxygen atoms in total. The number of rotatable bonds is 22. The van der Waals surface area contributed by atoms with Gasteiger partial charge in [0.2, 0.25) is 0 Å². The topological polar surface area (TPSA) is 89.5 Å². The van der Waals surface area contributed by atoms with E-state index < -0.39 is 12.2 Å². The molecule has 60 heavy (non-hydrogen) atoms. The molecule has 0 aliphatic heterocycles. The van der Waals surface area contributed by atoms with Gasteiger partial charge in [0.1, 0.15) is 49.4 Å². The van der Waals surface area contributed by atoms with Gasteiger partial charge in [0, 0.05) is 45.2 Å². The summed E-state index contributed by atoms with van der Waals surface area (Å²) in [6.45, 7) is 4.58. The fourth-order valence-electron chi connectivity index (χ4n) is 7.48. The predicted molar refractivity (Wildman–Crippen MR) is 239 cm³/mol. The van der Waals surface area contributed by atoms with E-state index in [2.05, 4.69) is 13.8 Å². The van der Waals surface area contributed by atoms with Crippen molar-refractivity contribution in [2.24, 2.45) is 0 Å². The summed E-state index contributed by atoms with van der Waals surface area (Å²) < 4.78 is 38.2. The van der Waals surface area contributed by atoms with Crippen molar-refractivity contribution in [2.75, 3.05) is 26.4 Å². The summed E-state index contributed by atoms with van der Waals surface area (Å²) in [4.78, 5) is 26.2. The Hall–Kier alpha value is -6.28. The Bertz CT molecular complexity index is 2270. The maximum absolute atomic E-state index is 13.1. The summed E-state index contributed by atoms with van der Waals surface area (Å²) in [5, 5.41) is 7.40. The third kappa shape index (κ3) is 10.7. The number of benzene rings is 7. The first-order chi connectivity index (χ1) is 29.5. The number of fused-ring (bicyclic) bond motifs is 4. The fraction of sp³-hybridized carbons (Fsp3) is 0.308. The van der Waals surface area contributed by atoms with Crippen LogP contribution in [0.3, 0.4) is 0 Å². The molecule has 0 amide bonds. The SMILES string of the molecule is CCCCCC(=O)OC(COc1cccc2ccccc12)COc1c2ccccc2c(OCC(COc2cccc3ccccc23)OC(=O)CCCCC)c2ccccc12. The highest BCUT2D eigenvalue weighted by molar-refractivity contribution is 6.11. The quantitative estimate of drug-likeness (QED) is 0.0380. The summed E-state index contributed by atoms with van der Waals surface area (Å²) >= 11 is 0. The molecule has 0 fully saturated rings. The summed E-state index contributed by atoms with van der Waals surface area (Å²) in [5.41, 5.74) is 0. The Morgan fingerprint density at radius 3 is 1.12 bits per heavy atom. The maximum atomic E-state index is 13.1. The van der Waals surface area contributed by atoms with Gasteiger partial charge in [-0.05, 0) is 35.7 Å². The summed E-state index contributed by atoms with van der Waals surface area (Å²) in [7, 11) is 0. The van der Waals surface area contributed by atoms with Crippen LogP contribution in [-0.4, -0.2) is 50.6 Å². The highest BCUT2D eigenvalue weighted by Gasteiger charge is 2.23. The van der Waals surface area contributed by atoms with Gasteiger partial charge in [0.15, 0.2) is 12.2 Å². The number of unbranched alkanes of at least 4 members (excludes halogenated alkanes) is 4. The molecule has 0 aliphatic rings. The van der Waals surface area contributed by atoms with Crippen LogP contribution in [0.15, 0.2) is 133 Å². The molecule has 0 saturated heterocycles. The van der Waals surface area contributed by atoms with E-state index in [-0.39, 0.29) is 38.4 Å². The molecule has 310 valence electrons. The van der Waals surface area contributed by atoms with E-state index >= 15 is 0 Å². The molecule has 7 aromatic carbocycles. The van der Waals surface area contributed by atoms with E-state index in [1.54, 1.807) is 0 Å². The van der Waals surface area contributed by atoms with Gasteiger partial charge in [-0.15, -0.1) is 0 Å². The largest absolute Gasteiger partial charge is 0.489 e. The molecule has 0 aromatic heterocycles. The number of ether oxygens (including phenoxy) is 6. The average molecular weight is 807 g/mol. The zero-order valence-corrected chi connectivity index (χ0v) is 34.6. The molecule has 2 atom stereocenters. The van der Waals surface area contributed by atoms with Crippen molar-refractivity contribution in [1.29, 1.82) is 0 Å². The first-order valence-corrected chi connectivity index (χ1v) is 21.3. The van der Waals surface area contributed by atoms with E-state index in [0.717, 1.165) is 81.6 Å². The Morgan fingerprint density at radius 1 is 0.400 bits per heavy atom. The molecule has 7 rings (SSSR count). The molecule has 0 saturated carbocycles. The second-order valence-electron chi connectivity index (χ2n) is 15.1. The number of hydrogen-bond donors (Lipinski definition) is 0. The second kappa shape index (κ2) is 21.1. The molecule has 7 aromatic rings. The van der Waals surface area contributed by atoms with E-state index in [0.29, 0.717) is 35.8 Å².